The van der Waals surface area contributed by atoms with E-state index in [0.717, 1.165) is 57.0 Å². The third kappa shape index (κ3) is 4.60. The zero-order chi connectivity index (χ0) is 15.2. The molecule has 0 spiro atoms. The molecule has 120 valence electrons. The highest BCUT2D eigenvalue weighted by molar-refractivity contribution is 7.20. The lowest BCUT2D eigenvalue weighted by molar-refractivity contribution is 0.0821. The van der Waals surface area contributed by atoms with Crippen LogP contribution in [0.25, 0.3) is 9.88 Å². The van der Waals surface area contributed by atoms with Crippen molar-refractivity contribution < 1.29 is 5.11 Å². The number of nitrogens with one attached hydrogen (secondary N) is 1. The number of thiazole rings is 1. The first-order valence-electron chi connectivity index (χ1n) is 7.91. The molecule has 3 heterocycles. The Hall–Kier alpha value is -0.790. The van der Waals surface area contributed by atoms with Crippen LogP contribution in [-0.2, 0) is 6.54 Å². The average Bonchev–Trinajstić information content (AvgIpc) is 3.19. The minimum atomic E-state index is -0.0711. The second kappa shape index (κ2) is 8.17. The minimum Gasteiger partial charge on any atom is -0.393 e. The van der Waals surface area contributed by atoms with Crippen molar-refractivity contribution in [3.8, 4) is 9.88 Å². The zero-order valence-corrected chi connectivity index (χ0v) is 14.3. The lowest BCUT2D eigenvalue weighted by atomic mass is 10.1. The molecule has 0 amide bonds. The van der Waals surface area contributed by atoms with E-state index < -0.39 is 0 Å². The average molecular weight is 338 g/mol. The number of thiophene rings is 1. The molecule has 0 saturated carbocycles. The number of aliphatic hydroxyl groups excluding tert-OH is 1. The first-order chi connectivity index (χ1) is 10.8. The molecule has 0 unspecified atom stereocenters. The fraction of sp³-hybridized carbons (Fsp3) is 0.562. The van der Waals surface area contributed by atoms with Crippen molar-refractivity contribution in [1.29, 1.82) is 0 Å². The van der Waals surface area contributed by atoms with Crippen LogP contribution in [0.5, 0.6) is 0 Å². The summed E-state index contributed by atoms with van der Waals surface area (Å²) in [6.45, 7) is 5.15. The van der Waals surface area contributed by atoms with Crippen LogP contribution in [0.3, 0.4) is 0 Å². The normalized spacial score (nSPS) is 17.1. The van der Waals surface area contributed by atoms with Crippen LogP contribution in [0.15, 0.2) is 23.7 Å². The summed E-state index contributed by atoms with van der Waals surface area (Å²) in [4.78, 5) is 9.50. The Bertz CT molecular complexity index is 548. The molecule has 2 aromatic heterocycles. The van der Waals surface area contributed by atoms with Crippen LogP contribution in [0.4, 0.5) is 0 Å². The van der Waals surface area contributed by atoms with E-state index in [4.69, 9.17) is 0 Å². The van der Waals surface area contributed by atoms with E-state index in [9.17, 15) is 5.11 Å². The van der Waals surface area contributed by atoms with Crippen molar-refractivity contribution in [2.75, 3.05) is 26.2 Å². The maximum absolute atomic E-state index is 9.49. The molecule has 1 aliphatic heterocycles. The number of aromatic nitrogens is 1. The fourth-order valence-electron chi connectivity index (χ4n) is 2.69. The minimum absolute atomic E-state index is 0.0711. The van der Waals surface area contributed by atoms with Gasteiger partial charge in [0.1, 0.15) is 5.01 Å². The molecule has 0 aromatic carbocycles. The summed E-state index contributed by atoms with van der Waals surface area (Å²) in [5.74, 6) is 0. The van der Waals surface area contributed by atoms with Crippen molar-refractivity contribution >= 4 is 22.7 Å². The zero-order valence-electron chi connectivity index (χ0n) is 12.7. The highest BCUT2D eigenvalue weighted by Gasteiger charge is 2.15. The van der Waals surface area contributed by atoms with Gasteiger partial charge in [-0.15, -0.1) is 22.7 Å². The Kier molecular flexibility index (Phi) is 5.97. The van der Waals surface area contributed by atoms with Gasteiger partial charge in [-0.1, -0.05) is 6.07 Å². The molecule has 4 nitrogen and oxygen atoms in total. The second-order valence-electron chi connectivity index (χ2n) is 5.71. The molecular formula is C16H23N3OS2. The maximum atomic E-state index is 9.49. The standard InChI is InChI=1S/C16H23N3OS2/c20-13-4-8-19(9-5-13)7-2-6-17-11-14-12-18-16(22-14)15-3-1-10-21-15/h1,3,10,12-13,17,20H,2,4-9,11H2. The van der Waals surface area contributed by atoms with Gasteiger partial charge in [0.15, 0.2) is 0 Å². The fourth-order valence-corrected chi connectivity index (χ4v) is 4.37. The first kappa shape index (κ1) is 16.1. The van der Waals surface area contributed by atoms with Crippen molar-refractivity contribution in [2.45, 2.75) is 31.9 Å². The van der Waals surface area contributed by atoms with Gasteiger partial charge < -0.3 is 15.3 Å². The SMILES string of the molecule is OC1CCN(CCCNCc2cnc(-c3cccs3)s2)CC1. The first-order valence-corrected chi connectivity index (χ1v) is 9.60. The number of likely N-dealkylation sites (tertiary alicyclic amines) is 1. The molecular weight excluding hydrogens is 314 g/mol. The molecule has 1 saturated heterocycles. The Morgan fingerprint density at radius 1 is 1.36 bits per heavy atom. The molecule has 2 aromatic rings. The van der Waals surface area contributed by atoms with Gasteiger partial charge in [-0.25, -0.2) is 4.98 Å². The Morgan fingerprint density at radius 3 is 3.00 bits per heavy atom. The number of aliphatic hydroxyl groups is 1. The van der Waals surface area contributed by atoms with Gasteiger partial charge in [-0.3, -0.25) is 0 Å². The summed E-state index contributed by atoms with van der Waals surface area (Å²) in [6, 6.07) is 4.19. The van der Waals surface area contributed by atoms with E-state index in [-0.39, 0.29) is 6.10 Å². The van der Waals surface area contributed by atoms with E-state index >= 15 is 0 Å². The predicted molar refractivity (Wildman–Crippen MR) is 93.4 cm³/mol. The lowest BCUT2D eigenvalue weighted by Crippen LogP contribution is -2.37. The van der Waals surface area contributed by atoms with Gasteiger partial charge >= 0.3 is 0 Å². The molecule has 0 aliphatic carbocycles. The molecule has 1 fully saturated rings. The number of piperidine rings is 1. The summed E-state index contributed by atoms with van der Waals surface area (Å²) in [7, 11) is 0. The van der Waals surface area contributed by atoms with E-state index in [1.807, 2.05) is 6.20 Å². The number of rotatable bonds is 7. The molecule has 6 heteroatoms. The van der Waals surface area contributed by atoms with Crippen molar-refractivity contribution in [3.05, 3.63) is 28.6 Å². The van der Waals surface area contributed by atoms with Crippen LogP contribution in [0.2, 0.25) is 0 Å². The van der Waals surface area contributed by atoms with Crippen LogP contribution in [-0.4, -0.2) is 47.3 Å². The monoisotopic (exact) mass is 337 g/mol. The third-order valence-electron chi connectivity index (χ3n) is 3.97. The van der Waals surface area contributed by atoms with Crippen molar-refractivity contribution in [2.24, 2.45) is 0 Å². The largest absolute Gasteiger partial charge is 0.393 e. The predicted octanol–water partition coefficient (Wildman–Crippen LogP) is 2.81. The van der Waals surface area contributed by atoms with Gasteiger partial charge in [-0.05, 0) is 43.8 Å². The summed E-state index contributed by atoms with van der Waals surface area (Å²) >= 11 is 3.52. The van der Waals surface area contributed by atoms with Crippen LogP contribution in [0.1, 0.15) is 24.1 Å². The van der Waals surface area contributed by atoms with Crippen molar-refractivity contribution in [1.82, 2.24) is 15.2 Å². The maximum Gasteiger partial charge on any atom is 0.133 e. The summed E-state index contributed by atoms with van der Waals surface area (Å²) < 4.78 is 0. The van der Waals surface area contributed by atoms with Crippen LogP contribution < -0.4 is 5.32 Å². The molecule has 1 aliphatic rings. The van der Waals surface area contributed by atoms with E-state index in [1.54, 1.807) is 22.7 Å². The highest BCUT2D eigenvalue weighted by atomic mass is 32.1. The van der Waals surface area contributed by atoms with E-state index in [1.165, 1.54) is 9.75 Å². The molecule has 2 N–H and O–H groups in total. The number of hydrogen-bond acceptors (Lipinski definition) is 6. The Morgan fingerprint density at radius 2 is 2.23 bits per heavy atom. The number of nitrogens with zero attached hydrogens (tertiary/aromatic N) is 2. The molecule has 3 rings (SSSR count). The smallest absolute Gasteiger partial charge is 0.133 e. The summed E-state index contributed by atoms with van der Waals surface area (Å²) in [5, 5.41) is 16.2. The number of hydrogen-bond donors (Lipinski definition) is 2. The van der Waals surface area contributed by atoms with Gasteiger partial charge in [0.05, 0.1) is 11.0 Å². The topological polar surface area (TPSA) is 48.4 Å². The second-order valence-corrected chi connectivity index (χ2v) is 7.78. The van der Waals surface area contributed by atoms with Crippen LogP contribution >= 0.6 is 22.7 Å². The van der Waals surface area contributed by atoms with Gasteiger partial charge in [0, 0.05) is 30.7 Å². The Balaban J connectivity index is 1.32. The van der Waals surface area contributed by atoms with E-state index in [0.29, 0.717) is 0 Å². The quantitative estimate of drug-likeness (QED) is 0.763. The Labute approximate surface area is 139 Å². The van der Waals surface area contributed by atoms with Gasteiger partial charge in [0.2, 0.25) is 0 Å². The van der Waals surface area contributed by atoms with Crippen LogP contribution in [0, 0.1) is 0 Å². The lowest BCUT2D eigenvalue weighted by Gasteiger charge is -2.29. The third-order valence-corrected chi connectivity index (χ3v) is 6.01. The van der Waals surface area contributed by atoms with Gasteiger partial charge in [-0.2, -0.15) is 0 Å². The molecule has 0 atom stereocenters. The van der Waals surface area contributed by atoms with Crippen molar-refractivity contribution in [3.63, 3.8) is 0 Å². The van der Waals surface area contributed by atoms with Gasteiger partial charge in [0.25, 0.3) is 0 Å². The molecule has 22 heavy (non-hydrogen) atoms. The van der Waals surface area contributed by atoms with E-state index in [2.05, 4.69) is 32.7 Å². The molecule has 0 radical (unpaired) electrons. The highest BCUT2D eigenvalue weighted by Crippen LogP contribution is 2.28. The summed E-state index contributed by atoms with van der Waals surface area (Å²) in [6.07, 6.45) is 4.93. The summed E-state index contributed by atoms with van der Waals surface area (Å²) in [5.41, 5.74) is 0. The molecule has 0 bridgehead atoms.